The van der Waals surface area contributed by atoms with Crippen LogP contribution in [0.15, 0.2) is 152 Å². The smallest absolute Gasteiger partial charge is 0.0998 e. The fraction of sp³-hybridized carbons (Fsp3) is 0.0600. The van der Waals surface area contributed by atoms with E-state index in [1.165, 1.54) is 17.4 Å². The Bertz CT molecular complexity index is 2760. The van der Waals surface area contributed by atoms with Crippen molar-refractivity contribution in [2.24, 2.45) is 0 Å². The summed E-state index contributed by atoms with van der Waals surface area (Å²) in [4.78, 5) is 5.14. The van der Waals surface area contributed by atoms with Gasteiger partial charge in [0, 0.05) is 34.3 Å². The van der Waals surface area contributed by atoms with E-state index in [4.69, 9.17) is 10.4 Å². The molecule has 0 amide bonds. The van der Waals surface area contributed by atoms with Crippen molar-refractivity contribution in [3.63, 3.8) is 0 Å². The van der Waals surface area contributed by atoms with E-state index in [-0.39, 0.29) is 0 Å². The molecule has 1 N–H and O–H groups in total. The lowest BCUT2D eigenvalue weighted by atomic mass is 9.94. The Labute approximate surface area is 339 Å². The number of hydrogen-bond acceptors (Lipinski definition) is 5. The first-order chi connectivity index (χ1) is 27.5. The zero-order valence-electron chi connectivity index (χ0n) is 31.1. The average molecular weight is 759 g/mol. The first kappa shape index (κ1) is 37.7. The van der Waals surface area contributed by atoms with Crippen LogP contribution in [0.5, 0.6) is 0 Å². The molecular formula is C50H38N4S2. The molecule has 1 aliphatic carbocycles. The molecule has 7 aromatic rings. The van der Waals surface area contributed by atoms with Crippen LogP contribution >= 0.6 is 23.3 Å². The number of aryl methyl sites for hydroxylation is 1. The van der Waals surface area contributed by atoms with Gasteiger partial charge in [-0.1, -0.05) is 109 Å². The zero-order chi connectivity index (χ0) is 39.2. The topological polar surface area (TPSA) is 65.5 Å². The predicted molar refractivity (Wildman–Crippen MR) is 241 cm³/mol. The first-order valence-corrected chi connectivity index (χ1v) is 19.8. The molecule has 0 bridgehead atoms. The third-order valence-electron chi connectivity index (χ3n) is 10.0. The number of hydrogen-bond donors (Lipinski definition) is 3. The number of rotatable bonds is 9. The number of thiol groups is 2. The van der Waals surface area contributed by atoms with Gasteiger partial charge in [-0.2, -0.15) is 5.26 Å². The molecule has 0 spiro atoms. The fourth-order valence-electron chi connectivity index (χ4n) is 7.55. The van der Waals surface area contributed by atoms with E-state index in [0.29, 0.717) is 5.56 Å². The van der Waals surface area contributed by atoms with Gasteiger partial charge in [0.2, 0.25) is 0 Å². The molecule has 0 saturated carbocycles. The van der Waals surface area contributed by atoms with Crippen LogP contribution in [-0.2, 0) is 6.42 Å². The van der Waals surface area contributed by atoms with Gasteiger partial charge in [-0.25, -0.2) is 4.98 Å². The van der Waals surface area contributed by atoms with Gasteiger partial charge in [0.1, 0.15) is 0 Å². The highest BCUT2D eigenvalue weighted by molar-refractivity contribution is 8.59. The van der Waals surface area contributed by atoms with Crippen LogP contribution in [0.1, 0.15) is 40.4 Å². The maximum atomic E-state index is 10.2. The van der Waals surface area contributed by atoms with Crippen molar-refractivity contribution in [1.82, 2.24) is 9.55 Å². The largest absolute Gasteiger partial charge is 0.309 e. The molecule has 2 aromatic heterocycles. The molecule has 0 radical (unpaired) electrons. The number of nitrogens with one attached hydrogen (secondary N) is 1. The second kappa shape index (κ2) is 16.8. The monoisotopic (exact) mass is 758 g/mol. The quantitative estimate of drug-likeness (QED) is 0.0780. The Hall–Kier alpha value is -6.57. The average Bonchev–Trinajstić information content (AvgIpc) is 3.81. The van der Waals surface area contributed by atoms with Crippen LogP contribution in [0.4, 0.5) is 0 Å². The van der Waals surface area contributed by atoms with Crippen molar-refractivity contribution in [2.45, 2.75) is 20.3 Å². The van der Waals surface area contributed by atoms with E-state index in [0.717, 1.165) is 90.2 Å². The lowest BCUT2D eigenvalue weighted by molar-refractivity contribution is 1.11. The standard InChI is InChI=1S/C50H36N4.H2S2/c1-4-13-35-30-47-44(17-11-18-45(47)43(35)5-2)40(32-52)29-41-26-36-16-9-10-21-50(36)54(41)42-27-38(46-24-33(3)22-23-37(46)31-51)25-39(28-42)49-20-12-19-48(53-49)34-14-7-6-8-15-34;1-2/h4-8,10-15,17-29,32,52H,2,30H2,1,3H3;1-2H/b13-4-,40-29+,52-32?;. The molecule has 56 heavy (non-hydrogen) atoms. The van der Waals surface area contributed by atoms with Gasteiger partial charge in [-0.05, 0) is 120 Å². The number of fused-ring (bicyclic) bond motifs is 2. The minimum atomic E-state index is 0.601. The maximum Gasteiger partial charge on any atom is 0.0998 e. The van der Waals surface area contributed by atoms with Crippen molar-refractivity contribution in [1.29, 1.82) is 10.7 Å². The van der Waals surface area contributed by atoms with Crippen LogP contribution in [0.3, 0.4) is 0 Å². The SMILES string of the molecule is C=CC1=C(/C=C\C)Cc2c1cccc2/C(C=N)=C/c1cc2c#cccc2n1-c1cc(-c2cccc(-c3ccccc3)n2)cc(-c2cc(C)ccc2C#N)c1.SS. The molecular weight excluding hydrogens is 721 g/mol. The van der Waals surface area contributed by atoms with Crippen LogP contribution in [-0.4, -0.2) is 15.8 Å². The van der Waals surface area contributed by atoms with Gasteiger partial charge in [0.15, 0.2) is 0 Å². The third kappa shape index (κ3) is 7.29. The van der Waals surface area contributed by atoms with Crippen molar-refractivity contribution in [3.8, 4) is 45.4 Å². The Kier molecular flexibility index (Phi) is 11.3. The molecule has 0 atom stereocenters. The molecule has 8 rings (SSSR count). The van der Waals surface area contributed by atoms with Crippen molar-refractivity contribution < 1.29 is 0 Å². The highest BCUT2D eigenvalue weighted by atomic mass is 33.1. The summed E-state index contributed by atoms with van der Waals surface area (Å²) in [5.74, 6) is 0. The molecule has 0 aliphatic heterocycles. The Morgan fingerprint density at radius 3 is 2.39 bits per heavy atom. The molecule has 270 valence electrons. The molecule has 0 fully saturated rings. The van der Waals surface area contributed by atoms with Crippen molar-refractivity contribution in [2.75, 3.05) is 0 Å². The first-order valence-electron chi connectivity index (χ1n) is 18.2. The lowest BCUT2D eigenvalue weighted by Gasteiger charge is -2.16. The van der Waals surface area contributed by atoms with Gasteiger partial charge in [0.25, 0.3) is 0 Å². The van der Waals surface area contributed by atoms with Crippen LogP contribution in [0.2, 0.25) is 0 Å². The summed E-state index contributed by atoms with van der Waals surface area (Å²) in [7, 11) is 0. The highest BCUT2D eigenvalue weighted by Crippen LogP contribution is 2.40. The zero-order valence-corrected chi connectivity index (χ0v) is 32.9. The van der Waals surface area contributed by atoms with E-state index in [1.54, 1.807) is 0 Å². The molecule has 6 heteroatoms. The predicted octanol–water partition coefficient (Wildman–Crippen LogP) is 12.8. The van der Waals surface area contributed by atoms with E-state index in [9.17, 15) is 5.26 Å². The number of allylic oxidation sites excluding steroid dienone is 6. The molecule has 1 aliphatic rings. The van der Waals surface area contributed by atoms with Crippen molar-refractivity contribution in [3.05, 3.63) is 197 Å². The maximum absolute atomic E-state index is 10.2. The highest BCUT2D eigenvalue weighted by Gasteiger charge is 2.22. The second-order valence-corrected chi connectivity index (χ2v) is 13.4. The molecule has 4 nitrogen and oxygen atoms in total. The van der Waals surface area contributed by atoms with Crippen LogP contribution in [0.25, 0.3) is 67.5 Å². The van der Waals surface area contributed by atoms with Gasteiger partial charge >= 0.3 is 0 Å². The summed E-state index contributed by atoms with van der Waals surface area (Å²) >= 11 is 6.44. The number of nitriles is 1. The van der Waals surface area contributed by atoms with Crippen LogP contribution < -0.4 is 0 Å². The van der Waals surface area contributed by atoms with Crippen molar-refractivity contribution >= 4 is 57.7 Å². The van der Waals surface area contributed by atoms with E-state index < -0.39 is 0 Å². The van der Waals surface area contributed by atoms with Crippen LogP contribution in [0, 0.1) is 35.8 Å². The van der Waals surface area contributed by atoms with E-state index in [2.05, 4.69) is 132 Å². The summed E-state index contributed by atoms with van der Waals surface area (Å²) in [6.07, 6.45) is 10.5. The summed E-state index contributed by atoms with van der Waals surface area (Å²) in [6.45, 7) is 8.19. The third-order valence-corrected chi connectivity index (χ3v) is 10.0. The summed E-state index contributed by atoms with van der Waals surface area (Å²) in [5, 5.41) is 19.8. The summed E-state index contributed by atoms with van der Waals surface area (Å²) in [6, 6.07) is 49.8. The van der Waals surface area contributed by atoms with Gasteiger partial charge in [0.05, 0.1) is 33.9 Å². The van der Waals surface area contributed by atoms with E-state index >= 15 is 0 Å². The fourth-order valence-corrected chi connectivity index (χ4v) is 7.55. The summed E-state index contributed by atoms with van der Waals surface area (Å²) in [5.41, 5.74) is 16.3. The summed E-state index contributed by atoms with van der Waals surface area (Å²) < 4.78 is 2.21. The second-order valence-electron chi connectivity index (χ2n) is 13.4. The molecule has 2 heterocycles. The lowest BCUT2D eigenvalue weighted by Crippen LogP contribution is -2.01. The number of nitrogens with zero attached hydrogens (tertiary/aromatic N) is 3. The Morgan fingerprint density at radius 1 is 0.875 bits per heavy atom. The molecule has 0 saturated heterocycles. The minimum absolute atomic E-state index is 0.601. The molecule has 5 aromatic carbocycles. The van der Waals surface area contributed by atoms with E-state index in [1.807, 2.05) is 80.6 Å². The van der Waals surface area contributed by atoms with Gasteiger partial charge in [-0.15, -0.1) is 23.3 Å². The normalized spacial score (nSPS) is 12.2. The Morgan fingerprint density at radius 2 is 1.64 bits per heavy atom. The minimum Gasteiger partial charge on any atom is -0.309 e. The number of pyridine rings is 1. The van der Waals surface area contributed by atoms with Gasteiger partial charge < -0.3 is 9.98 Å². The number of aromatic nitrogens is 2. The number of benzene rings is 4. The molecule has 0 unspecified atom stereocenters. The van der Waals surface area contributed by atoms with Gasteiger partial charge in [-0.3, -0.25) is 0 Å². The Balaban J connectivity index is 0.00000237.